The molecule has 4 aromatic rings. The summed E-state index contributed by atoms with van der Waals surface area (Å²) in [4.78, 5) is 14.3. The van der Waals surface area contributed by atoms with E-state index in [1.807, 2.05) is 18.2 Å². The Morgan fingerprint density at radius 3 is 2.44 bits per heavy atom. The highest BCUT2D eigenvalue weighted by Crippen LogP contribution is 2.24. The number of hydrogen-bond acceptors (Lipinski definition) is 6. The summed E-state index contributed by atoms with van der Waals surface area (Å²) >= 11 is 0. The molecule has 2 aromatic heterocycles. The number of piperazine rings is 1. The Morgan fingerprint density at radius 2 is 1.66 bits per heavy atom. The molecule has 1 aliphatic rings. The van der Waals surface area contributed by atoms with Gasteiger partial charge in [0.1, 0.15) is 5.82 Å². The molecule has 0 amide bonds. The van der Waals surface area contributed by atoms with Gasteiger partial charge in [-0.25, -0.2) is 4.98 Å². The maximum Gasteiger partial charge on any atom is 0.244 e. The van der Waals surface area contributed by atoms with Crippen LogP contribution in [-0.4, -0.2) is 62.2 Å². The lowest BCUT2D eigenvalue weighted by Crippen LogP contribution is -2.47. The maximum atomic E-state index is 5.62. The number of imidazole rings is 1. The molecule has 32 heavy (non-hydrogen) atoms. The Balaban J connectivity index is 1.17. The van der Waals surface area contributed by atoms with Crippen molar-refractivity contribution in [3.63, 3.8) is 0 Å². The molecule has 1 saturated heterocycles. The molecular formula is C25H30N6O. The summed E-state index contributed by atoms with van der Waals surface area (Å²) in [5.74, 6) is 2.43. The fourth-order valence-corrected chi connectivity index (χ4v) is 4.47. The molecule has 2 aromatic carbocycles. The van der Waals surface area contributed by atoms with Gasteiger partial charge in [0.25, 0.3) is 0 Å². The molecule has 0 radical (unpaired) electrons. The molecule has 5 rings (SSSR count). The van der Waals surface area contributed by atoms with Crippen LogP contribution in [0.2, 0.25) is 0 Å². The average Bonchev–Trinajstić information content (AvgIpc) is 3.42. The van der Waals surface area contributed by atoms with Crippen LogP contribution in [0.5, 0.6) is 0 Å². The van der Waals surface area contributed by atoms with Gasteiger partial charge in [-0.05, 0) is 32.9 Å². The number of fused-ring (bicyclic) bond motifs is 1. The van der Waals surface area contributed by atoms with E-state index in [0.717, 1.165) is 56.2 Å². The van der Waals surface area contributed by atoms with Crippen LogP contribution >= 0.6 is 0 Å². The number of benzene rings is 2. The zero-order chi connectivity index (χ0) is 22.1. The summed E-state index contributed by atoms with van der Waals surface area (Å²) in [7, 11) is 0. The Kier molecular flexibility index (Phi) is 5.76. The molecule has 0 spiro atoms. The minimum absolute atomic E-state index is 0.115. The maximum absolute atomic E-state index is 5.62. The number of aryl methyl sites for hydroxylation is 2. The Morgan fingerprint density at radius 1 is 0.906 bits per heavy atom. The topological polar surface area (TPSA) is 63.2 Å². The van der Waals surface area contributed by atoms with Crippen LogP contribution in [0.3, 0.4) is 0 Å². The number of nitrogens with zero attached hydrogens (tertiary/aromatic N) is 6. The standard InChI is InChI=1S/C25H30N6O/c1-18-8-10-21(11-9-18)24-27-25(32-28-24)19(2)30-15-12-29(13-16-30)14-17-31-20(3)26-22-6-4-5-7-23(22)31/h4-11,19H,12-17H2,1-3H3. The summed E-state index contributed by atoms with van der Waals surface area (Å²) in [6.45, 7) is 12.4. The molecule has 7 heteroatoms. The van der Waals surface area contributed by atoms with Crippen molar-refractivity contribution in [3.05, 3.63) is 65.8 Å². The quantitative estimate of drug-likeness (QED) is 0.459. The molecule has 0 aliphatic carbocycles. The number of rotatable bonds is 6. The summed E-state index contributed by atoms with van der Waals surface area (Å²) in [5, 5.41) is 4.21. The summed E-state index contributed by atoms with van der Waals surface area (Å²) in [6.07, 6.45) is 0. The normalized spacial score (nSPS) is 16.6. The molecule has 0 bridgehead atoms. The largest absolute Gasteiger partial charge is 0.337 e. The predicted molar refractivity (Wildman–Crippen MR) is 125 cm³/mol. The van der Waals surface area contributed by atoms with E-state index in [1.165, 1.54) is 11.1 Å². The summed E-state index contributed by atoms with van der Waals surface area (Å²) in [5.41, 5.74) is 4.51. The van der Waals surface area contributed by atoms with E-state index in [0.29, 0.717) is 11.7 Å². The van der Waals surface area contributed by atoms with Gasteiger partial charge in [0, 0.05) is 44.8 Å². The molecule has 1 fully saturated rings. The van der Waals surface area contributed by atoms with Crippen LogP contribution in [0.25, 0.3) is 22.4 Å². The van der Waals surface area contributed by atoms with E-state index in [4.69, 9.17) is 4.52 Å². The number of hydrogen-bond donors (Lipinski definition) is 0. The molecular weight excluding hydrogens is 400 g/mol. The smallest absolute Gasteiger partial charge is 0.244 e. The van der Waals surface area contributed by atoms with Gasteiger partial charge < -0.3 is 9.09 Å². The lowest BCUT2D eigenvalue weighted by molar-refractivity contribution is 0.0865. The van der Waals surface area contributed by atoms with Crippen LogP contribution in [0.15, 0.2) is 53.1 Å². The van der Waals surface area contributed by atoms with Crippen molar-refractivity contribution in [1.82, 2.24) is 29.5 Å². The van der Waals surface area contributed by atoms with E-state index in [1.54, 1.807) is 0 Å². The highest BCUT2D eigenvalue weighted by molar-refractivity contribution is 5.75. The fourth-order valence-electron chi connectivity index (χ4n) is 4.47. The lowest BCUT2D eigenvalue weighted by Gasteiger charge is -2.36. The van der Waals surface area contributed by atoms with Gasteiger partial charge in [-0.1, -0.05) is 47.1 Å². The molecule has 1 unspecified atom stereocenters. The molecule has 1 aliphatic heterocycles. The molecule has 3 heterocycles. The molecule has 7 nitrogen and oxygen atoms in total. The molecule has 0 saturated carbocycles. The van der Waals surface area contributed by atoms with Crippen molar-refractivity contribution in [2.75, 3.05) is 32.7 Å². The summed E-state index contributed by atoms with van der Waals surface area (Å²) < 4.78 is 7.94. The van der Waals surface area contributed by atoms with E-state index in [-0.39, 0.29) is 6.04 Å². The molecule has 0 N–H and O–H groups in total. The monoisotopic (exact) mass is 430 g/mol. The van der Waals surface area contributed by atoms with Crippen molar-refractivity contribution < 1.29 is 4.52 Å². The predicted octanol–water partition coefficient (Wildman–Crippen LogP) is 4.08. The number of para-hydroxylation sites is 2. The van der Waals surface area contributed by atoms with Crippen molar-refractivity contribution in [3.8, 4) is 11.4 Å². The zero-order valence-corrected chi connectivity index (χ0v) is 19.0. The highest BCUT2D eigenvalue weighted by atomic mass is 16.5. The third-order valence-electron chi connectivity index (χ3n) is 6.55. The van der Waals surface area contributed by atoms with Gasteiger partial charge in [-0.2, -0.15) is 4.98 Å². The van der Waals surface area contributed by atoms with Crippen LogP contribution in [0, 0.1) is 13.8 Å². The van der Waals surface area contributed by atoms with E-state index in [9.17, 15) is 0 Å². The van der Waals surface area contributed by atoms with E-state index < -0.39 is 0 Å². The van der Waals surface area contributed by atoms with Crippen molar-refractivity contribution in [1.29, 1.82) is 0 Å². The fraction of sp³-hybridized carbons (Fsp3) is 0.400. The third-order valence-corrected chi connectivity index (χ3v) is 6.55. The van der Waals surface area contributed by atoms with Gasteiger partial charge in [-0.3, -0.25) is 9.80 Å². The average molecular weight is 431 g/mol. The molecule has 166 valence electrons. The third kappa shape index (κ3) is 4.18. The Bertz CT molecular complexity index is 1190. The Labute approximate surface area is 188 Å². The zero-order valence-electron chi connectivity index (χ0n) is 19.0. The first-order chi connectivity index (χ1) is 15.6. The Hall–Kier alpha value is -3.03. The minimum atomic E-state index is 0.115. The van der Waals surface area contributed by atoms with Crippen molar-refractivity contribution in [2.45, 2.75) is 33.4 Å². The van der Waals surface area contributed by atoms with Gasteiger partial charge in [0.2, 0.25) is 11.7 Å². The second-order valence-electron chi connectivity index (χ2n) is 8.68. The van der Waals surface area contributed by atoms with Gasteiger partial charge in [-0.15, -0.1) is 0 Å². The van der Waals surface area contributed by atoms with E-state index in [2.05, 4.69) is 80.6 Å². The molecule has 1 atom stereocenters. The van der Waals surface area contributed by atoms with Crippen LogP contribution in [0.4, 0.5) is 0 Å². The van der Waals surface area contributed by atoms with Gasteiger partial charge in [0.15, 0.2) is 0 Å². The first-order valence-corrected chi connectivity index (χ1v) is 11.4. The van der Waals surface area contributed by atoms with Crippen molar-refractivity contribution >= 4 is 11.0 Å². The van der Waals surface area contributed by atoms with Crippen LogP contribution < -0.4 is 0 Å². The van der Waals surface area contributed by atoms with Crippen LogP contribution in [-0.2, 0) is 6.54 Å². The minimum Gasteiger partial charge on any atom is -0.337 e. The lowest BCUT2D eigenvalue weighted by atomic mass is 10.1. The second kappa shape index (κ2) is 8.84. The number of aromatic nitrogens is 4. The van der Waals surface area contributed by atoms with Crippen LogP contribution in [0.1, 0.15) is 30.2 Å². The first kappa shape index (κ1) is 20.8. The van der Waals surface area contributed by atoms with Gasteiger partial charge in [0.05, 0.1) is 17.1 Å². The summed E-state index contributed by atoms with van der Waals surface area (Å²) in [6, 6.07) is 16.7. The first-order valence-electron chi connectivity index (χ1n) is 11.4. The van der Waals surface area contributed by atoms with Gasteiger partial charge >= 0.3 is 0 Å². The van der Waals surface area contributed by atoms with Crippen molar-refractivity contribution in [2.24, 2.45) is 0 Å². The highest BCUT2D eigenvalue weighted by Gasteiger charge is 2.26. The van der Waals surface area contributed by atoms with E-state index >= 15 is 0 Å². The SMILES string of the molecule is Cc1ccc(-c2noc(C(C)N3CCN(CCn4c(C)nc5ccccc54)CC3)n2)cc1. The second-order valence-corrected chi connectivity index (χ2v) is 8.68.